The van der Waals surface area contributed by atoms with E-state index in [1.165, 1.54) is 167 Å². The van der Waals surface area contributed by atoms with E-state index in [1.807, 2.05) is 6.92 Å². The number of hydrogen-bond acceptors (Lipinski definition) is 9. The first-order valence-corrected chi connectivity index (χ1v) is 29.4. The van der Waals surface area contributed by atoms with Crippen LogP contribution in [0.25, 0.3) is 0 Å². The molecule has 0 saturated carbocycles. The van der Waals surface area contributed by atoms with Gasteiger partial charge >= 0.3 is 11.9 Å². The van der Waals surface area contributed by atoms with Crippen LogP contribution in [0.4, 0.5) is 0 Å². The molecule has 0 bridgehead atoms. The summed E-state index contributed by atoms with van der Waals surface area (Å²) in [4.78, 5) is 28.0. The first-order valence-electron chi connectivity index (χ1n) is 29.4. The number of unbranched alkanes of at least 4 members (excludes halogenated alkanes) is 25. The van der Waals surface area contributed by atoms with Crippen molar-refractivity contribution in [1.29, 1.82) is 0 Å². The van der Waals surface area contributed by atoms with Crippen molar-refractivity contribution in [3.05, 3.63) is 0 Å². The van der Waals surface area contributed by atoms with E-state index in [0.29, 0.717) is 51.1 Å². The van der Waals surface area contributed by atoms with Gasteiger partial charge in [0.2, 0.25) is 0 Å². The Morgan fingerprint density at radius 2 is 0.687 bits per heavy atom. The fourth-order valence-electron chi connectivity index (χ4n) is 9.14. The molecular weight excluding hydrogens is 839 g/mol. The molecule has 0 aromatic heterocycles. The largest absolute Gasteiger partial charge is 0.465 e. The van der Waals surface area contributed by atoms with Gasteiger partial charge in [-0.05, 0) is 103 Å². The number of carbonyl (C=O) groups is 2. The second-order valence-electron chi connectivity index (χ2n) is 20.4. The minimum atomic E-state index is -0.936. The molecule has 0 aromatic rings. The molecule has 0 fully saturated rings. The summed E-state index contributed by atoms with van der Waals surface area (Å²) in [7, 11) is 0. The zero-order valence-electron chi connectivity index (χ0n) is 45.3. The maximum absolute atomic E-state index is 12.7. The molecule has 0 radical (unpaired) electrons. The number of aliphatic hydroxyl groups excluding tert-OH is 2. The molecule has 4 unspecified atom stereocenters. The van der Waals surface area contributed by atoms with Crippen LogP contribution >= 0.6 is 0 Å². The van der Waals surface area contributed by atoms with Crippen LogP contribution in [0, 0.1) is 11.8 Å². The minimum absolute atomic E-state index is 0.0106. The van der Waals surface area contributed by atoms with Gasteiger partial charge in [-0.3, -0.25) is 9.59 Å². The summed E-state index contributed by atoms with van der Waals surface area (Å²) >= 11 is 0. The lowest BCUT2D eigenvalue weighted by Gasteiger charge is -2.22. The number of carbonyl (C=O) groups excluding carboxylic acids is 2. The van der Waals surface area contributed by atoms with Gasteiger partial charge in [0.15, 0.2) is 0 Å². The zero-order valence-corrected chi connectivity index (χ0v) is 45.3. The van der Waals surface area contributed by atoms with Crippen molar-refractivity contribution < 1.29 is 38.7 Å². The van der Waals surface area contributed by atoms with Crippen LogP contribution in [0.15, 0.2) is 0 Å². The topological polar surface area (TPSA) is 115 Å². The Kier molecular flexibility index (Phi) is 51.6. The lowest BCUT2D eigenvalue weighted by Crippen LogP contribution is -2.34. The molecule has 4 atom stereocenters. The highest BCUT2D eigenvalue weighted by molar-refractivity contribution is 5.69. The zero-order chi connectivity index (χ0) is 49.1. The number of esters is 2. The van der Waals surface area contributed by atoms with Crippen LogP contribution in [0.2, 0.25) is 0 Å². The van der Waals surface area contributed by atoms with Gasteiger partial charge in [0.1, 0.15) is 12.2 Å². The fraction of sp³-hybridized carbons (Fsp3) is 0.966. The predicted molar refractivity (Wildman–Crippen MR) is 283 cm³/mol. The molecule has 2 N–H and O–H groups in total. The summed E-state index contributed by atoms with van der Waals surface area (Å²) in [5.41, 5.74) is 0. The third kappa shape index (κ3) is 46.9. The van der Waals surface area contributed by atoms with E-state index in [9.17, 15) is 19.8 Å². The van der Waals surface area contributed by atoms with Crippen LogP contribution in [-0.4, -0.2) is 98.5 Å². The number of ether oxygens (including phenoxy) is 4. The van der Waals surface area contributed by atoms with Crippen LogP contribution in [0.1, 0.15) is 279 Å². The molecule has 9 nitrogen and oxygen atoms in total. The van der Waals surface area contributed by atoms with Gasteiger partial charge in [-0.15, -0.1) is 0 Å². The van der Waals surface area contributed by atoms with Crippen LogP contribution in [0.3, 0.4) is 0 Å². The van der Waals surface area contributed by atoms with E-state index < -0.39 is 12.2 Å². The number of aliphatic hydroxyl groups is 2. The van der Waals surface area contributed by atoms with Crippen molar-refractivity contribution in [2.75, 3.05) is 59.3 Å². The fourth-order valence-corrected chi connectivity index (χ4v) is 9.14. The Hall–Kier alpha value is -1.26. The molecule has 0 spiro atoms. The summed E-state index contributed by atoms with van der Waals surface area (Å²) in [5, 5.41) is 20.2. The highest BCUT2D eigenvalue weighted by Gasteiger charge is 2.17. The molecule has 0 aliphatic heterocycles. The smallest absolute Gasteiger partial charge is 0.305 e. The molecule has 400 valence electrons. The van der Waals surface area contributed by atoms with Crippen molar-refractivity contribution in [3.63, 3.8) is 0 Å². The van der Waals surface area contributed by atoms with Crippen LogP contribution in [0.5, 0.6) is 0 Å². The molecule has 0 aliphatic carbocycles. The second-order valence-corrected chi connectivity index (χ2v) is 20.4. The lowest BCUT2D eigenvalue weighted by molar-refractivity contribution is -0.146. The Morgan fingerprint density at radius 3 is 1.07 bits per heavy atom. The Morgan fingerprint density at radius 1 is 0.373 bits per heavy atom. The van der Waals surface area contributed by atoms with Crippen LogP contribution < -0.4 is 0 Å². The van der Waals surface area contributed by atoms with Crippen molar-refractivity contribution in [1.82, 2.24) is 4.90 Å². The summed E-state index contributed by atoms with van der Waals surface area (Å²) in [6, 6.07) is 0. The highest BCUT2D eigenvalue weighted by atomic mass is 16.5. The average Bonchev–Trinajstić information content (AvgIpc) is 3.33. The molecule has 0 saturated heterocycles. The lowest BCUT2D eigenvalue weighted by atomic mass is 9.95. The quantitative estimate of drug-likeness (QED) is 0.0454. The summed E-state index contributed by atoms with van der Waals surface area (Å²) in [6.45, 7) is 16.6. The van der Waals surface area contributed by atoms with E-state index in [1.54, 1.807) is 0 Å². The third-order valence-electron chi connectivity index (χ3n) is 13.8. The Bertz CT molecular complexity index is 953. The summed E-state index contributed by atoms with van der Waals surface area (Å²) in [5.74, 6) is 1.01. The van der Waals surface area contributed by atoms with E-state index in [2.05, 4.69) is 32.6 Å². The van der Waals surface area contributed by atoms with Gasteiger partial charge in [0.05, 0.1) is 26.4 Å². The predicted octanol–water partition coefficient (Wildman–Crippen LogP) is 15.3. The van der Waals surface area contributed by atoms with E-state index in [4.69, 9.17) is 18.9 Å². The van der Waals surface area contributed by atoms with E-state index in [-0.39, 0.29) is 25.2 Å². The summed E-state index contributed by atoms with van der Waals surface area (Å²) in [6.07, 6.45) is 42.8. The van der Waals surface area contributed by atoms with Crippen molar-refractivity contribution in [2.45, 2.75) is 291 Å². The van der Waals surface area contributed by atoms with Gasteiger partial charge in [0, 0.05) is 26.1 Å². The molecule has 67 heavy (non-hydrogen) atoms. The summed E-state index contributed by atoms with van der Waals surface area (Å²) < 4.78 is 22.6. The highest BCUT2D eigenvalue weighted by Crippen LogP contribution is 2.22. The maximum atomic E-state index is 12.7. The first kappa shape index (κ1) is 65.7. The van der Waals surface area contributed by atoms with Crippen LogP contribution in [-0.2, 0) is 28.5 Å². The van der Waals surface area contributed by atoms with Gasteiger partial charge < -0.3 is 34.1 Å². The van der Waals surface area contributed by atoms with Gasteiger partial charge in [-0.25, -0.2) is 0 Å². The van der Waals surface area contributed by atoms with E-state index in [0.717, 1.165) is 83.8 Å². The SMILES string of the molecule is CCCCCCCCC(CCCCCC)COC(=O)CCCCCCCN(CCCCCCCC(=O)OCC(CCCCCC)CCCCCCCC)CCCCOCC(O)C(O)COCC. The second kappa shape index (κ2) is 52.6. The van der Waals surface area contributed by atoms with Gasteiger partial charge in [-0.1, -0.05) is 195 Å². The number of nitrogens with zero attached hydrogens (tertiary/aromatic N) is 1. The molecule has 0 aliphatic rings. The molecule has 0 rings (SSSR count). The van der Waals surface area contributed by atoms with E-state index >= 15 is 0 Å². The number of hydrogen-bond donors (Lipinski definition) is 2. The molecular formula is C58H115NO8. The van der Waals surface area contributed by atoms with Crippen molar-refractivity contribution in [2.24, 2.45) is 11.8 Å². The molecule has 0 amide bonds. The molecule has 9 heteroatoms. The first-order chi connectivity index (χ1) is 32.8. The number of rotatable bonds is 55. The maximum Gasteiger partial charge on any atom is 0.305 e. The molecule has 0 aromatic carbocycles. The third-order valence-corrected chi connectivity index (χ3v) is 13.8. The Balaban J connectivity index is 4.65. The molecule has 0 heterocycles. The van der Waals surface area contributed by atoms with Gasteiger partial charge in [0.25, 0.3) is 0 Å². The monoisotopic (exact) mass is 954 g/mol. The van der Waals surface area contributed by atoms with Gasteiger partial charge in [-0.2, -0.15) is 0 Å². The standard InChI is InChI=1S/C58H115NO8/c1-6-11-15-19-23-31-41-53(39-29-17-13-8-3)49-66-57(62)43-33-25-21-27-35-45-59(47-37-38-48-65-52-56(61)55(60)51-64-10-5)46-36-28-22-26-34-44-58(63)67-50-54(40-30-18-14-9-4)42-32-24-20-16-12-7-2/h53-56,60-61H,6-52H2,1-5H3. The van der Waals surface area contributed by atoms with Crippen molar-refractivity contribution in [3.8, 4) is 0 Å². The minimum Gasteiger partial charge on any atom is -0.465 e. The Labute approximate surface area is 416 Å². The average molecular weight is 955 g/mol. The van der Waals surface area contributed by atoms with Crippen molar-refractivity contribution >= 4 is 11.9 Å². The normalized spacial score (nSPS) is 13.6.